The van der Waals surface area contributed by atoms with Crippen molar-refractivity contribution in [3.8, 4) is 11.5 Å². The van der Waals surface area contributed by atoms with E-state index in [9.17, 15) is 14.7 Å². The fraction of sp³-hybridized carbons (Fsp3) is 0.263. The van der Waals surface area contributed by atoms with Gasteiger partial charge in [0.2, 0.25) is 12.7 Å². The summed E-state index contributed by atoms with van der Waals surface area (Å²) in [5.74, 6) is -0.269. The minimum Gasteiger partial charge on any atom is -0.480 e. The monoisotopic (exact) mass is 356 g/mol. The van der Waals surface area contributed by atoms with Gasteiger partial charge in [-0.15, -0.1) is 0 Å². The van der Waals surface area contributed by atoms with E-state index in [-0.39, 0.29) is 19.1 Å². The molecule has 136 valence electrons. The van der Waals surface area contributed by atoms with Crippen molar-refractivity contribution < 1.29 is 24.2 Å². The number of fused-ring (bicyclic) bond motifs is 1. The van der Waals surface area contributed by atoms with Crippen molar-refractivity contribution in [2.75, 3.05) is 18.7 Å². The lowest BCUT2D eigenvalue weighted by atomic mass is 10.1. The number of hydrogen-bond acceptors (Lipinski definition) is 5. The van der Waals surface area contributed by atoms with Gasteiger partial charge in [0.05, 0.1) is 6.42 Å². The van der Waals surface area contributed by atoms with Gasteiger partial charge in [-0.25, -0.2) is 0 Å². The Bertz CT molecular complexity index is 779. The molecule has 0 spiro atoms. The normalized spacial score (nSPS) is 13.2. The van der Waals surface area contributed by atoms with Crippen LogP contribution in [-0.2, 0) is 16.0 Å². The zero-order chi connectivity index (χ0) is 18.4. The quantitative estimate of drug-likeness (QED) is 0.670. The third kappa shape index (κ3) is 4.73. The van der Waals surface area contributed by atoms with Gasteiger partial charge in [-0.3, -0.25) is 9.59 Å². The lowest BCUT2D eigenvalue weighted by Crippen LogP contribution is -2.40. The van der Waals surface area contributed by atoms with Gasteiger partial charge in [-0.05, 0) is 30.7 Å². The predicted molar refractivity (Wildman–Crippen MR) is 95.4 cm³/mol. The Hall–Kier alpha value is -3.06. The number of benzene rings is 2. The van der Waals surface area contributed by atoms with Crippen molar-refractivity contribution >= 4 is 17.6 Å². The summed E-state index contributed by atoms with van der Waals surface area (Å²) in [7, 11) is 0. The molecule has 0 saturated carbocycles. The summed E-state index contributed by atoms with van der Waals surface area (Å²) < 4.78 is 10.5. The van der Waals surface area contributed by atoms with Crippen LogP contribution < -0.4 is 20.1 Å². The Morgan fingerprint density at radius 2 is 1.85 bits per heavy atom. The fourth-order valence-electron chi connectivity index (χ4n) is 2.65. The lowest BCUT2D eigenvalue weighted by molar-refractivity contribution is -0.141. The molecule has 7 heteroatoms. The molecular formula is C19H20N2O5. The molecule has 3 N–H and O–H groups in total. The van der Waals surface area contributed by atoms with Crippen LogP contribution in [0.1, 0.15) is 12.0 Å². The van der Waals surface area contributed by atoms with Gasteiger partial charge in [0.1, 0.15) is 6.04 Å². The number of aliphatic carboxylic acids is 1. The zero-order valence-corrected chi connectivity index (χ0v) is 14.1. The largest absolute Gasteiger partial charge is 0.480 e. The van der Waals surface area contributed by atoms with Gasteiger partial charge in [0, 0.05) is 11.8 Å². The second-order valence-corrected chi connectivity index (χ2v) is 5.90. The number of hydrogen-bond donors (Lipinski definition) is 3. The first-order chi connectivity index (χ1) is 12.6. The Balaban J connectivity index is 1.50. The highest BCUT2D eigenvalue weighted by Crippen LogP contribution is 2.34. The van der Waals surface area contributed by atoms with Crippen molar-refractivity contribution in [1.29, 1.82) is 0 Å². The van der Waals surface area contributed by atoms with E-state index in [1.54, 1.807) is 18.2 Å². The Kier molecular flexibility index (Phi) is 5.70. The maximum Gasteiger partial charge on any atom is 0.321 e. The van der Waals surface area contributed by atoms with E-state index >= 15 is 0 Å². The van der Waals surface area contributed by atoms with Crippen molar-refractivity contribution in [3.05, 3.63) is 54.1 Å². The molecule has 0 bridgehead atoms. The number of nitrogens with one attached hydrogen (secondary N) is 2. The summed E-state index contributed by atoms with van der Waals surface area (Å²) in [5, 5.41) is 14.9. The van der Waals surface area contributed by atoms with Crippen LogP contribution in [0.5, 0.6) is 11.5 Å². The van der Waals surface area contributed by atoms with Crippen LogP contribution in [-0.4, -0.2) is 36.4 Å². The molecule has 2 aromatic carbocycles. The smallest absolute Gasteiger partial charge is 0.321 e. The van der Waals surface area contributed by atoms with E-state index < -0.39 is 12.0 Å². The van der Waals surface area contributed by atoms with Gasteiger partial charge in [-0.1, -0.05) is 30.3 Å². The van der Waals surface area contributed by atoms with Gasteiger partial charge in [0.25, 0.3) is 0 Å². The number of amides is 1. The summed E-state index contributed by atoms with van der Waals surface area (Å²) in [6.45, 7) is 0.622. The van der Waals surface area contributed by atoms with Crippen LogP contribution in [0.4, 0.5) is 5.69 Å². The topological polar surface area (TPSA) is 96.9 Å². The molecule has 0 radical (unpaired) electrons. The Morgan fingerprint density at radius 3 is 2.62 bits per heavy atom. The zero-order valence-electron chi connectivity index (χ0n) is 14.1. The number of anilines is 1. The molecule has 1 aliphatic rings. The van der Waals surface area contributed by atoms with E-state index in [1.807, 2.05) is 30.3 Å². The highest BCUT2D eigenvalue weighted by atomic mass is 16.7. The van der Waals surface area contributed by atoms with Crippen molar-refractivity contribution in [2.24, 2.45) is 0 Å². The highest BCUT2D eigenvalue weighted by Gasteiger charge is 2.21. The molecule has 1 aliphatic heterocycles. The molecule has 7 nitrogen and oxygen atoms in total. The average Bonchev–Trinajstić information content (AvgIpc) is 3.09. The van der Waals surface area contributed by atoms with Gasteiger partial charge >= 0.3 is 5.97 Å². The highest BCUT2D eigenvalue weighted by molar-refractivity contribution is 5.94. The number of carbonyl (C=O) groups is 2. The second kappa shape index (κ2) is 8.35. The Morgan fingerprint density at radius 1 is 1.08 bits per heavy atom. The second-order valence-electron chi connectivity index (χ2n) is 5.90. The molecular weight excluding hydrogens is 336 g/mol. The molecule has 0 fully saturated rings. The van der Waals surface area contributed by atoms with E-state index in [0.717, 1.165) is 5.56 Å². The van der Waals surface area contributed by atoms with Crippen molar-refractivity contribution in [1.82, 2.24) is 5.32 Å². The molecule has 0 saturated heterocycles. The van der Waals surface area contributed by atoms with Gasteiger partial charge < -0.3 is 25.2 Å². The molecule has 0 unspecified atom stereocenters. The molecule has 1 heterocycles. The summed E-state index contributed by atoms with van der Waals surface area (Å²) in [6, 6.07) is 13.8. The third-order valence-corrected chi connectivity index (χ3v) is 3.99. The summed E-state index contributed by atoms with van der Waals surface area (Å²) >= 11 is 0. The fourth-order valence-corrected chi connectivity index (χ4v) is 2.65. The summed E-state index contributed by atoms with van der Waals surface area (Å²) in [4.78, 5) is 23.6. The first kappa shape index (κ1) is 17.8. The molecule has 0 aliphatic carbocycles. The maximum absolute atomic E-state index is 12.2. The number of rotatable bonds is 8. The minimum absolute atomic E-state index is 0.152. The van der Waals surface area contributed by atoms with E-state index in [4.69, 9.17) is 9.47 Å². The first-order valence-corrected chi connectivity index (χ1v) is 8.31. The van der Waals surface area contributed by atoms with Gasteiger partial charge in [-0.2, -0.15) is 0 Å². The van der Waals surface area contributed by atoms with Gasteiger partial charge in [0.15, 0.2) is 11.5 Å². The number of carbonyl (C=O) groups excluding carboxylic acids is 1. The lowest BCUT2D eigenvalue weighted by Gasteiger charge is -2.14. The van der Waals surface area contributed by atoms with E-state index in [2.05, 4.69) is 10.6 Å². The SMILES string of the molecule is O=C(C[C@H](NCCc1ccccc1)C(=O)O)Nc1ccc2c(c1)OCO2. The number of carboxylic acid groups (broad SMARTS) is 1. The maximum atomic E-state index is 12.2. The van der Waals surface area contributed by atoms with Crippen molar-refractivity contribution in [3.63, 3.8) is 0 Å². The molecule has 0 aromatic heterocycles. The van der Waals surface area contributed by atoms with Crippen LogP contribution in [0.15, 0.2) is 48.5 Å². The van der Waals surface area contributed by atoms with Crippen LogP contribution in [0.2, 0.25) is 0 Å². The third-order valence-electron chi connectivity index (χ3n) is 3.99. The molecule has 3 rings (SSSR count). The molecule has 2 aromatic rings. The standard InChI is InChI=1S/C19H20N2O5/c22-18(21-14-6-7-16-17(10-14)26-12-25-16)11-15(19(23)24)20-9-8-13-4-2-1-3-5-13/h1-7,10,15,20H,8-9,11-12H2,(H,21,22)(H,23,24)/t15-/m0/s1. The van der Waals surface area contributed by atoms with Crippen LogP contribution >= 0.6 is 0 Å². The predicted octanol–water partition coefficient (Wildman–Crippen LogP) is 2.03. The van der Waals surface area contributed by atoms with Crippen LogP contribution in [0.3, 0.4) is 0 Å². The van der Waals surface area contributed by atoms with E-state index in [1.165, 1.54) is 0 Å². The molecule has 1 atom stereocenters. The summed E-state index contributed by atoms with van der Waals surface area (Å²) in [5.41, 5.74) is 1.64. The number of ether oxygens (including phenoxy) is 2. The van der Waals surface area contributed by atoms with Crippen LogP contribution in [0, 0.1) is 0 Å². The molecule has 1 amide bonds. The summed E-state index contributed by atoms with van der Waals surface area (Å²) in [6.07, 6.45) is 0.521. The molecule has 26 heavy (non-hydrogen) atoms. The van der Waals surface area contributed by atoms with Crippen molar-refractivity contribution in [2.45, 2.75) is 18.9 Å². The van der Waals surface area contributed by atoms with Crippen LogP contribution in [0.25, 0.3) is 0 Å². The minimum atomic E-state index is -1.06. The average molecular weight is 356 g/mol. The Labute approximate surface area is 150 Å². The first-order valence-electron chi connectivity index (χ1n) is 8.31. The van der Waals surface area contributed by atoms with E-state index in [0.29, 0.717) is 30.2 Å². The number of carboxylic acids is 1.